The molecule has 1 atom stereocenters. The Kier molecular flexibility index (Phi) is 4.02. The Morgan fingerprint density at radius 1 is 1.38 bits per heavy atom. The number of nitro groups is 1. The monoisotopic (exact) mass is 333 g/mol. The van der Waals surface area contributed by atoms with E-state index in [1.54, 1.807) is 7.11 Å². The van der Waals surface area contributed by atoms with Crippen LogP contribution in [0.2, 0.25) is 0 Å². The average Bonchev–Trinajstić information content (AvgIpc) is 3.14. The lowest BCUT2D eigenvalue weighted by molar-refractivity contribution is -0.385. The van der Waals surface area contributed by atoms with Crippen molar-refractivity contribution in [1.82, 2.24) is 9.80 Å². The molecule has 2 aliphatic heterocycles. The first kappa shape index (κ1) is 16.1. The second-order valence-corrected chi connectivity index (χ2v) is 5.64. The Balaban J connectivity index is 1.80. The van der Waals surface area contributed by atoms with E-state index in [0.29, 0.717) is 19.5 Å². The Labute approximate surface area is 136 Å². The molecular formula is C15H15N3O6. The van der Waals surface area contributed by atoms with E-state index >= 15 is 0 Å². The average molecular weight is 333 g/mol. The van der Waals surface area contributed by atoms with Crippen LogP contribution in [0.4, 0.5) is 5.69 Å². The molecule has 1 saturated heterocycles. The number of carbonyl (C=O) groups is 3. The van der Waals surface area contributed by atoms with Crippen LogP contribution in [0.5, 0.6) is 0 Å². The molecule has 0 aliphatic carbocycles. The number of rotatable bonds is 4. The van der Waals surface area contributed by atoms with Gasteiger partial charge in [0.2, 0.25) is 5.91 Å². The van der Waals surface area contributed by atoms with Gasteiger partial charge in [0.25, 0.3) is 17.5 Å². The number of amides is 3. The molecule has 0 bridgehead atoms. The fraction of sp³-hybridized carbons (Fsp3) is 0.400. The zero-order valence-corrected chi connectivity index (χ0v) is 12.9. The Morgan fingerprint density at radius 3 is 2.75 bits per heavy atom. The summed E-state index contributed by atoms with van der Waals surface area (Å²) in [6.45, 7) is 0.458. The third-order valence-corrected chi connectivity index (χ3v) is 4.30. The number of hydrogen-bond acceptors (Lipinski definition) is 6. The summed E-state index contributed by atoms with van der Waals surface area (Å²) in [5.74, 6) is -1.88. The normalized spacial score (nSPS) is 19.8. The Morgan fingerprint density at radius 2 is 2.12 bits per heavy atom. The van der Waals surface area contributed by atoms with Gasteiger partial charge in [0, 0.05) is 26.3 Å². The van der Waals surface area contributed by atoms with E-state index in [-0.39, 0.29) is 23.1 Å². The topological polar surface area (TPSA) is 110 Å². The van der Waals surface area contributed by atoms with E-state index in [9.17, 15) is 24.5 Å². The molecule has 1 aromatic rings. The Bertz CT molecular complexity index is 747. The molecule has 1 unspecified atom stereocenters. The van der Waals surface area contributed by atoms with Crippen molar-refractivity contribution in [3.05, 3.63) is 39.4 Å². The molecule has 0 spiro atoms. The Hall–Kier alpha value is -2.81. The van der Waals surface area contributed by atoms with Crippen molar-refractivity contribution >= 4 is 23.4 Å². The molecule has 9 nitrogen and oxygen atoms in total. The van der Waals surface area contributed by atoms with Crippen molar-refractivity contribution in [2.45, 2.75) is 12.5 Å². The third-order valence-electron chi connectivity index (χ3n) is 4.30. The molecule has 3 rings (SSSR count). The quantitative estimate of drug-likeness (QED) is 0.449. The van der Waals surface area contributed by atoms with Crippen molar-refractivity contribution in [3.8, 4) is 0 Å². The molecule has 9 heteroatoms. The fourth-order valence-corrected chi connectivity index (χ4v) is 2.99. The van der Waals surface area contributed by atoms with Crippen molar-refractivity contribution in [2.24, 2.45) is 0 Å². The van der Waals surface area contributed by atoms with Crippen LogP contribution in [0.1, 0.15) is 27.1 Å². The number of nitrogens with zero attached hydrogens (tertiary/aromatic N) is 3. The van der Waals surface area contributed by atoms with Crippen LogP contribution < -0.4 is 0 Å². The van der Waals surface area contributed by atoms with E-state index in [1.807, 2.05) is 0 Å². The van der Waals surface area contributed by atoms with Crippen molar-refractivity contribution in [1.29, 1.82) is 0 Å². The number of methoxy groups -OCH3 is 1. The lowest BCUT2D eigenvalue weighted by Crippen LogP contribution is -2.42. The number of likely N-dealkylation sites (tertiary alicyclic amines) is 1. The summed E-state index contributed by atoms with van der Waals surface area (Å²) in [7, 11) is 1.56. The summed E-state index contributed by atoms with van der Waals surface area (Å²) in [5.41, 5.74) is -0.726. The molecule has 24 heavy (non-hydrogen) atoms. The first-order valence-corrected chi connectivity index (χ1v) is 7.38. The summed E-state index contributed by atoms with van der Waals surface area (Å²) in [6.07, 6.45) is 0.632. The van der Waals surface area contributed by atoms with Gasteiger partial charge < -0.3 is 9.64 Å². The molecule has 1 fully saturated rings. The number of benzene rings is 1. The molecule has 0 radical (unpaired) electrons. The molecule has 2 aliphatic rings. The molecule has 0 aromatic heterocycles. The van der Waals surface area contributed by atoms with Crippen molar-refractivity contribution < 1.29 is 24.0 Å². The van der Waals surface area contributed by atoms with Gasteiger partial charge in [-0.1, -0.05) is 6.07 Å². The predicted octanol–water partition coefficient (Wildman–Crippen LogP) is 0.438. The molecule has 0 N–H and O–H groups in total. The second-order valence-electron chi connectivity index (χ2n) is 5.64. The number of nitro benzene ring substituents is 1. The van der Waals surface area contributed by atoms with Crippen molar-refractivity contribution in [3.63, 3.8) is 0 Å². The van der Waals surface area contributed by atoms with Crippen LogP contribution in [-0.4, -0.2) is 65.3 Å². The van der Waals surface area contributed by atoms with E-state index in [0.717, 1.165) is 4.90 Å². The van der Waals surface area contributed by atoms with Gasteiger partial charge in [-0.15, -0.1) is 0 Å². The molecule has 0 saturated carbocycles. The fourth-order valence-electron chi connectivity index (χ4n) is 2.99. The van der Waals surface area contributed by atoms with Gasteiger partial charge >= 0.3 is 0 Å². The minimum atomic E-state index is -0.807. The molecule has 2 heterocycles. The van der Waals surface area contributed by atoms with E-state index in [2.05, 4.69) is 0 Å². The summed E-state index contributed by atoms with van der Waals surface area (Å²) in [6, 6.07) is 3.86. The van der Waals surface area contributed by atoms with E-state index < -0.39 is 29.0 Å². The number of hydrogen-bond donors (Lipinski definition) is 0. The van der Waals surface area contributed by atoms with Gasteiger partial charge in [-0.25, -0.2) is 0 Å². The van der Waals surface area contributed by atoms with Gasteiger partial charge in [-0.05, 0) is 12.5 Å². The largest absolute Gasteiger partial charge is 0.380 e. The highest BCUT2D eigenvalue weighted by Crippen LogP contribution is 2.30. The lowest BCUT2D eigenvalue weighted by atomic mass is 10.1. The van der Waals surface area contributed by atoms with Gasteiger partial charge in [0.05, 0.1) is 16.6 Å². The van der Waals surface area contributed by atoms with Crippen LogP contribution in [-0.2, 0) is 9.53 Å². The SMILES string of the molecule is COC1CCN(C(=O)CN2C(=O)c3cccc([N+](=O)[O-])c3C2=O)C1. The number of imide groups is 1. The van der Waals surface area contributed by atoms with Crippen molar-refractivity contribution in [2.75, 3.05) is 26.7 Å². The lowest BCUT2D eigenvalue weighted by Gasteiger charge is -2.20. The highest BCUT2D eigenvalue weighted by molar-refractivity contribution is 6.24. The minimum absolute atomic E-state index is 0.0433. The molecule has 3 amide bonds. The summed E-state index contributed by atoms with van der Waals surface area (Å²) in [4.78, 5) is 49.7. The van der Waals surface area contributed by atoms with Gasteiger partial charge in [-0.2, -0.15) is 0 Å². The van der Waals surface area contributed by atoms with Crippen LogP contribution in [0.3, 0.4) is 0 Å². The maximum Gasteiger partial charge on any atom is 0.282 e. The molecule has 126 valence electrons. The van der Waals surface area contributed by atoms with Gasteiger partial charge in [0.15, 0.2) is 0 Å². The summed E-state index contributed by atoms with van der Waals surface area (Å²) >= 11 is 0. The third kappa shape index (κ3) is 2.52. The summed E-state index contributed by atoms with van der Waals surface area (Å²) < 4.78 is 5.18. The highest BCUT2D eigenvalue weighted by atomic mass is 16.6. The maximum absolute atomic E-state index is 12.4. The predicted molar refractivity (Wildman–Crippen MR) is 80.5 cm³/mol. The molecular weight excluding hydrogens is 318 g/mol. The zero-order valence-electron chi connectivity index (χ0n) is 12.9. The summed E-state index contributed by atoms with van der Waals surface area (Å²) in [5, 5.41) is 11.1. The van der Waals surface area contributed by atoms with E-state index in [1.165, 1.54) is 23.1 Å². The van der Waals surface area contributed by atoms with E-state index in [4.69, 9.17) is 4.74 Å². The number of fused-ring (bicyclic) bond motifs is 1. The van der Waals surface area contributed by atoms with Crippen LogP contribution in [0.15, 0.2) is 18.2 Å². The van der Waals surface area contributed by atoms with Gasteiger partial charge in [-0.3, -0.25) is 29.4 Å². The van der Waals surface area contributed by atoms with Crippen LogP contribution >= 0.6 is 0 Å². The van der Waals surface area contributed by atoms with Gasteiger partial charge in [0.1, 0.15) is 12.1 Å². The first-order valence-electron chi connectivity index (χ1n) is 7.38. The number of carbonyl (C=O) groups excluding carboxylic acids is 3. The van der Waals surface area contributed by atoms with Crippen LogP contribution in [0, 0.1) is 10.1 Å². The smallest absolute Gasteiger partial charge is 0.282 e. The second kappa shape index (κ2) is 6.00. The zero-order chi connectivity index (χ0) is 17.4. The number of ether oxygens (including phenoxy) is 1. The maximum atomic E-state index is 12.4. The van der Waals surface area contributed by atoms with Crippen LogP contribution in [0.25, 0.3) is 0 Å². The highest BCUT2D eigenvalue weighted by Gasteiger charge is 2.42. The minimum Gasteiger partial charge on any atom is -0.380 e. The molecule has 1 aromatic carbocycles. The first-order chi connectivity index (χ1) is 11.4. The standard InChI is InChI=1S/C15H15N3O6/c1-24-9-5-6-16(7-9)12(19)8-17-14(20)10-3-2-4-11(18(22)23)13(10)15(17)21/h2-4,9H,5-8H2,1H3.